The topological polar surface area (TPSA) is 91.6 Å². The van der Waals surface area contributed by atoms with Gasteiger partial charge in [0.05, 0.1) is 6.54 Å². The third-order valence-electron chi connectivity index (χ3n) is 2.81. The van der Waals surface area contributed by atoms with E-state index in [4.69, 9.17) is 9.52 Å². The van der Waals surface area contributed by atoms with Gasteiger partial charge in [0.2, 0.25) is 5.76 Å². The average molecular weight is 284 g/mol. The van der Waals surface area contributed by atoms with Gasteiger partial charge in [-0.3, -0.25) is 0 Å². The first-order chi connectivity index (χ1) is 9.15. The van der Waals surface area contributed by atoms with Crippen molar-refractivity contribution < 1.29 is 19.1 Å². The maximum absolute atomic E-state index is 11.5. The molecule has 2 amide bonds. The third-order valence-corrected chi connectivity index (χ3v) is 4.21. The smallest absolute Gasteiger partial charge is 0.371 e. The highest BCUT2D eigenvalue weighted by Crippen LogP contribution is 2.25. The van der Waals surface area contributed by atoms with Crippen LogP contribution < -0.4 is 10.6 Å². The molecule has 1 aliphatic rings. The zero-order chi connectivity index (χ0) is 13.7. The summed E-state index contributed by atoms with van der Waals surface area (Å²) >= 11 is 1.88. The minimum absolute atomic E-state index is 0.125. The summed E-state index contributed by atoms with van der Waals surface area (Å²) in [5, 5.41) is 14.6. The Morgan fingerprint density at radius 1 is 1.42 bits per heavy atom. The number of furan rings is 1. The minimum atomic E-state index is -1.12. The number of rotatable bonds is 5. The first-order valence-corrected chi connectivity index (χ1v) is 7.15. The number of hydrogen-bond acceptors (Lipinski definition) is 4. The quantitative estimate of drug-likeness (QED) is 0.765. The summed E-state index contributed by atoms with van der Waals surface area (Å²) in [6.07, 6.45) is 2.36. The predicted molar refractivity (Wildman–Crippen MR) is 71.4 cm³/mol. The molecule has 7 heteroatoms. The highest BCUT2D eigenvalue weighted by atomic mass is 32.2. The summed E-state index contributed by atoms with van der Waals surface area (Å²) in [5.74, 6) is 0.342. The van der Waals surface area contributed by atoms with Gasteiger partial charge in [0.1, 0.15) is 5.76 Å². The van der Waals surface area contributed by atoms with Crippen LogP contribution >= 0.6 is 11.8 Å². The molecule has 1 aromatic rings. The first kappa shape index (κ1) is 13.8. The van der Waals surface area contributed by atoms with Gasteiger partial charge in [-0.1, -0.05) is 0 Å². The summed E-state index contributed by atoms with van der Waals surface area (Å²) in [7, 11) is 0. The summed E-state index contributed by atoms with van der Waals surface area (Å²) in [4.78, 5) is 22.1. The predicted octanol–water partition coefficient (Wildman–Crippen LogP) is 1.67. The Morgan fingerprint density at radius 3 is 2.89 bits per heavy atom. The fraction of sp³-hybridized carbons (Fsp3) is 0.500. The number of aromatic carboxylic acids is 1. The Balaban J connectivity index is 1.68. The minimum Gasteiger partial charge on any atom is -0.475 e. The Kier molecular flexibility index (Phi) is 4.73. The van der Waals surface area contributed by atoms with E-state index in [0.29, 0.717) is 17.6 Å². The van der Waals surface area contributed by atoms with E-state index in [1.165, 1.54) is 24.3 Å². The van der Waals surface area contributed by atoms with E-state index in [1.54, 1.807) is 0 Å². The summed E-state index contributed by atoms with van der Waals surface area (Å²) in [6, 6.07) is 2.64. The lowest BCUT2D eigenvalue weighted by Gasteiger charge is -2.10. The molecule has 1 fully saturated rings. The van der Waals surface area contributed by atoms with Gasteiger partial charge >= 0.3 is 12.0 Å². The van der Waals surface area contributed by atoms with Crippen molar-refractivity contribution >= 4 is 23.8 Å². The number of carboxylic acids is 1. The molecule has 0 saturated carbocycles. The van der Waals surface area contributed by atoms with Gasteiger partial charge in [0, 0.05) is 11.8 Å². The van der Waals surface area contributed by atoms with Crippen LogP contribution in [0.3, 0.4) is 0 Å². The van der Waals surface area contributed by atoms with Gasteiger partial charge in [0.15, 0.2) is 0 Å². The zero-order valence-corrected chi connectivity index (χ0v) is 11.2. The molecular formula is C12H16N2O4S. The highest BCUT2D eigenvalue weighted by Gasteiger charge is 2.16. The second-order valence-electron chi connectivity index (χ2n) is 4.27. The Hall–Kier alpha value is -1.63. The van der Waals surface area contributed by atoms with Crippen molar-refractivity contribution in [1.82, 2.24) is 10.6 Å². The number of amides is 2. The number of thioether (sulfide) groups is 1. The lowest BCUT2D eigenvalue weighted by molar-refractivity contribution is 0.0660. The molecule has 1 saturated heterocycles. The molecule has 0 aliphatic carbocycles. The van der Waals surface area contributed by atoms with Crippen molar-refractivity contribution in [3.05, 3.63) is 23.7 Å². The molecule has 0 aromatic carbocycles. The standard InChI is InChI=1S/C12H16N2O4S/c15-11(16)10-4-3-8(18-10)6-13-12(17)14-7-9-2-1-5-19-9/h3-4,9H,1-2,5-7H2,(H,15,16)(H2,13,14,17). The third kappa shape index (κ3) is 4.20. The maximum atomic E-state index is 11.5. The number of nitrogens with one attached hydrogen (secondary N) is 2. The molecule has 0 spiro atoms. The second-order valence-corrected chi connectivity index (χ2v) is 5.68. The first-order valence-electron chi connectivity index (χ1n) is 6.10. The lowest BCUT2D eigenvalue weighted by atomic mass is 10.2. The van der Waals surface area contributed by atoms with Crippen LogP contribution in [-0.2, 0) is 6.54 Å². The van der Waals surface area contributed by atoms with Crippen LogP contribution in [0, 0.1) is 0 Å². The van der Waals surface area contributed by atoms with Crippen LogP contribution in [0.25, 0.3) is 0 Å². The zero-order valence-electron chi connectivity index (χ0n) is 10.3. The molecule has 0 bridgehead atoms. The largest absolute Gasteiger partial charge is 0.475 e. The van der Waals surface area contributed by atoms with Crippen molar-refractivity contribution in [2.45, 2.75) is 24.6 Å². The number of carboxylic acid groups (broad SMARTS) is 1. The van der Waals surface area contributed by atoms with Gasteiger partial charge in [-0.2, -0.15) is 11.8 Å². The van der Waals surface area contributed by atoms with Gasteiger partial charge in [-0.05, 0) is 30.7 Å². The number of carbonyl (C=O) groups is 2. The molecule has 1 aliphatic heterocycles. The molecule has 1 unspecified atom stereocenters. The molecule has 3 N–H and O–H groups in total. The molecule has 2 rings (SSSR count). The SMILES string of the molecule is O=C(NCc1ccc(C(=O)O)o1)NCC1CCCS1. The molecular weight excluding hydrogens is 268 g/mol. The monoisotopic (exact) mass is 284 g/mol. The van der Waals surface area contributed by atoms with E-state index >= 15 is 0 Å². The lowest BCUT2D eigenvalue weighted by Crippen LogP contribution is -2.38. The molecule has 6 nitrogen and oxygen atoms in total. The van der Waals surface area contributed by atoms with E-state index in [9.17, 15) is 9.59 Å². The molecule has 104 valence electrons. The van der Waals surface area contributed by atoms with Crippen molar-refractivity contribution in [3.8, 4) is 0 Å². The van der Waals surface area contributed by atoms with Crippen molar-refractivity contribution in [2.75, 3.05) is 12.3 Å². The fourth-order valence-electron chi connectivity index (χ4n) is 1.83. The van der Waals surface area contributed by atoms with Crippen LogP contribution in [0.5, 0.6) is 0 Å². The molecule has 0 radical (unpaired) electrons. The summed E-state index contributed by atoms with van der Waals surface area (Å²) < 4.78 is 5.03. The van der Waals surface area contributed by atoms with Crippen LogP contribution in [0.1, 0.15) is 29.2 Å². The van der Waals surface area contributed by atoms with Gasteiger partial charge in [0.25, 0.3) is 0 Å². The van der Waals surface area contributed by atoms with Gasteiger partial charge in [-0.25, -0.2) is 9.59 Å². The molecule has 1 atom stereocenters. The van der Waals surface area contributed by atoms with Crippen LogP contribution in [0.4, 0.5) is 4.79 Å². The highest BCUT2D eigenvalue weighted by molar-refractivity contribution is 8.00. The van der Waals surface area contributed by atoms with Crippen molar-refractivity contribution in [2.24, 2.45) is 0 Å². The summed E-state index contributed by atoms with van der Waals surface area (Å²) in [5.41, 5.74) is 0. The average Bonchev–Trinajstić information content (AvgIpc) is 3.05. The van der Waals surface area contributed by atoms with Crippen LogP contribution in [-0.4, -0.2) is 34.7 Å². The Bertz CT molecular complexity index is 454. The Labute approximate surface area is 114 Å². The number of urea groups is 1. The normalized spacial score (nSPS) is 18.2. The van der Waals surface area contributed by atoms with Crippen molar-refractivity contribution in [3.63, 3.8) is 0 Å². The van der Waals surface area contributed by atoms with E-state index in [0.717, 1.165) is 6.42 Å². The van der Waals surface area contributed by atoms with Gasteiger partial charge < -0.3 is 20.2 Å². The molecule has 1 aromatic heterocycles. The van der Waals surface area contributed by atoms with Gasteiger partial charge in [-0.15, -0.1) is 0 Å². The Morgan fingerprint density at radius 2 is 2.26 bits per heavy atom. The molecule has 19 heavy (non-hydrogen) atoms. The van der Waals surface area contributed by atoms with E-state index in [2.05, 4.69) is 10.6 Å². The fourth-order valence-corrected chi connectivity index (χ4v) is 3.03. The summed E-state index contributed by atoms with van der Waals surface area (Å²) in [6.45, 7) is 0.839. The van der Waals surface area contributed by atoms with Crippen molar-refractivity contribution in [1.29, 1.82) is 0 Å². The van der Waals surface area contributed by atoms with Crippen LogP contribution in [0.2, 0.25) is 0 Å². The van der Waals surface area contributed by atoms with E-state index < -0.39 is 5.97 Å². The second kappa shape index (κ2) is 6.51. The number of carbonyl (C=O) groups excluding carboxylic acids is 1. The maximum Gasteiger partial charge on any atom is 0.371 e. The van der Waals surface area contributed by atoms with E-state index in [-0.39, 0.29) is 18.3 Å². The van der Waals surface area contributed by atoms with E-state index in [1.807, 2.05) is 11.8 Å². The number of hydrogen-bond donors (Lipinski definition) is 3. The molecule has 2 heterocycles. The van der Waals surface area contributed by atoms with Crippen LogP contribution in [0.15, 0.2) is 16.5 Å².